The van der Waals surface area contributed by atoms with Crippen molar-refractivity contribution in [2.24, 2.45) is 12.0 Å². The zero-order valence-corrected chi connectivity index (χ0v) is 12.1. The predicted octanol–water partition coefficient (Wildman–Crippen LogP) is 3.75. The second-order valence-electron chi connectivity index (χ2n) is 5.00. The third-order valence-electron chi connectivity index (χ3n) is 3.78. The first-order valence-corrected chi connectivity index (χ1v) is 6.86. The number of carbonyl (C=O) groups is 1. The van der Waals surface area contributed by atoms with Crippen molar-refractivity contribution in [1.29, 1.82) is 0 Å². The molecule has 0 aliphatic heterocycles. The molecule has 104 valence electrons. The number of aromatic nitrogens is 1. The van der Waals surface area contributed by atoms with Gasteiger partial charge in [0.05, 0.1) is 0 Å². The molecule has 3 rings (SSSR count). The number of fused-ring (bicyclic) bond motifs is 1. The number of aryl methyl sites for hydroxylation is 1. The van der Waals surface area contributed by atoms with E-state index in [1.165, 1.54) is 0 Å². The molecule has 0 spiro atoms. The highest BCUT2D eigenvalue weighted by Crippen LogP contribution is 2.23. The Bertz CT molecular complexity index is 829. The zero-order chi connectivity index (χ0) is 14.8. The van der Waals surface area contributed by atoms with E-state index in [1.54, 1.807) is 18.3 Å². The second kappa shape index (κ2) is 5.37. The standard InChI is InChI=1S/C18H16N2O/c1-13-16(15-10-6-7-11-17(15)20(13)2)12-19-18(21)14-8-4-3-5-9-14/h3-12H,1-2H3. The lowest BCUT2D eigenvalue weighted by Gasteiger charge is -1.97. The number of hydrogen-bond acceptors (Lipinski definition) is 1. The average Bonchev–Trinajstić information content (AvgIpc) is 2.78. The summed E-state index contributed by atoms with van der Waals surface area (Å²) in [6.45, 7) is 2.04. The summed E-state index contributed by atoms with van der Waals surface area (Å²) < 4.78 is 2.11. The van der Waals surface area contributed by atoms with E-state index in [0.29, 0.717) is 5.56 Å². The van der Waals surface area contributed by atoms with Crippen molar-refractivity contribution in [3.63, 3.8) is 0 Å². The Balaban J connectivity index is 2.01. The van der Waals surface area contributed by atoms with Crippen LogP contribution in [0.3, 0.4) is 0 Å². The van der Waals surface area contributed by atoms with Crippen LogP contribution in [0.2, 0.25) is 0 Å². The van der Waals surface area contributed by atoms with Crippen molar-refractivity contribution in [2.75, 3.05) is 0 Å². The van der Waals surface area contributed by atoms with Crippen LogP contribution in [0.25, 0.3) is 10.9 Å². The maximum atomic E-state index is 12.1. The number of rotatable bonds is 2. The molecule has 1 amide bonds. The Morgan fingerprint density at radius 1 is 1.05 bits per heavy atom. The van der Waals surface area contributed by atoms with Gasteiger partial charge in [-0.25, -0.2) is 4.99 Å². The molecule has 3 nitrogen and oxygen atoms in total. The van der Waals surface area contributed by atoms with Crippen molar-refractivity contribution < 1.29 is 4.79 Å². The van der Waals surface area contributed by atoms with Crippen LogP contribution in [0.1, 0.15) is 21.6 Å². The summed E-state index contributed by atoms with van der Waals surface area (Å²) in [5, 5.41) is 1.11. The van der Waals surface area contributed by atoms with Crippen molar-refractivity contribution in [3.8, 4) is 0 Å². The molecule has 0 saturated carbocycles. The molecule has 0 saturated heterocycles. The van der Waals surface area contributed by atoms with Crippen LogP contribution in [0.5, 0.6) is 0 Å². The molecular weight excluding hydrogens is 260 g/mol. The minimum absolute atomic E-state index is 0.220. The van der Waals surface area contributed by atoms with Gasteiger partial charge < -0.3 is 4.57 Å². The molecule has 0 bridgehead atoms. The van der Waals surface area contributed by atoms with Gasteiger partial charge in [-0.3, -0.25) is 4.79 Å². The molecule has 1 aromatic heterocycles. The molecule has 0 unspecified atom stereocenters. The van der Waals surface area contributed by atoms with E-state index in [0.717, 1.165) is 22.2 Å². The van der Waals surface area contributed by atoms with Crippen molar-refractivity contribution in [1.82, 2.24) is 4.57 Å². The fourth-order valence-electron chi connectivity index (χ4n) is 2.49. The number of carbonyl (C=O) groups excluding carboxylic acids is 1. The molecule has 2 aromatic carbocycles. The van der Waals surface area contributed by atoms with E-state index in [-0.39, 0.29) is 5.91 Å². The summed E-state index contributed by atoms with van der Waals surface area (Å²) in [6.07, 6.45) is 1.67. The Morgan fingerprint density at radius 3 is 2.48 bits per heavy atom. The quantitative estimate of drug-likeness (QED) is 0.656. The van der Waals surface area contributed by atoms with Gasteiger partial charge in [0.2, 0.25) is 0 Å². The highest BCUT2D eigenvalue weighted by molar-refractivity contribution is 6.07. The van der Waals surface area contributed by atoms with Crippen LogP contribution in [-0.4, -0.2) is 16.7 Å². The highest BCUT2D eigenvalue weighted by Gasteiger charge is 2.10. The molecule has 0 aliphatic rings. The van der Waals surface area contributed by atoms with Crippen LogP contribution < -0.4 is 0 Å². The summed E-state index contributed by atoms with van der Waals surface area (Å²) in [7, 11) is 2.02. The molecule has 3 heteroatoms. The van der Waals surface area contributed by atoms with Gasteiger partial charge in [0.15, 0.2) is 0 Å². The van der Waals surface area contributed by atoms with E-state index in [9.17, 15) is 4.79 Å². The Labute approximate surface area is 123 Å². The largest absolute Gasteiger partial charge is 0.347 e. The Hall–Kier alpha value is -2.68. The van der Waals surface area contributed by atoms with Crippen LogP contribution in [0, 0.1) is 6.92 Å². The van der Waals surface area contributed by atoms with Gasteiger partial charge in [0.25, 0.3) is 5.91 Å². The number of amides is 1. The van der Waals surface area contributed by atoms with Gasteiger partial charge in [-0.05, 0) is 25.1 Å². The molecule has 0 atom stereocenters. The SMILES string of the molecule is Cc1c(C=NC(=O)c2ccccc2)c2ccccc2n1C. The zero-order valence-electron chi connectivity index (χ0n) is 12.1. The van der Waals surface area contributed by atoms with Crippen molar-refractivity contribution in [2.45, 2.75) is 6.92 Å². The van der Waals surface area contributed by atoms with E-state index in [1.807, 2.05) is 44.3 Å². The average molecular weight is 276 g/mol. The topological polar surface area (TPSA) is 34.4 Å². The third kappa shape index (κ3) is 2.38. The molecule has 0 radical (unpaired) electrons. The molecule has 0 fully saturated rings. The van der Waals surface area contributed by atoms with Crippen molar-refractivity contribution in [3.05, 3.63) is 71.4 Å². The van der Waals surface area contributed by atoms with Crippen LogP contribution in [0.15, 0.2) is 59.6 Å². The van der Waals surface area contributed by atoms with E-state index in [2.05, 4.69) is 21.7 Å². The van der Waals surface area contributed by atoms with Crippen molar-refractivity contribution >= 4 is 23.0 Å². The van der Waals surface area contributed by atoms with Crippen LogP contribution >= 0.6 is 0 Å². The lowest BCUT2D eigenvalue weighted by atomic mass is 10.1. The first kappa shape index (κ1) is 13.3. The maximum Gasteiger partial charge on any atom is 0.276 e. The normalized spacial score (nSPS) is 11.3. The maximum absolute atomic E-state index is 12.1. The lowest BCUT2D eigenvalue weighted by molar-refractivity contribution is 0.100. The number of benzene rings is 2. The third-order valence-corrected chi connectivity index (χ3v) is 3.78. The molecule has 0 aliphatic carbocycles. The summed E-state index contributed by atoms with van der Waals surface area (Å²) in [6, 6.07) is 17.2. The number of para-hydroxylation sites is 1. The van der Waals surface area contributed by atoms with E-state index in [4.69, 9.17) is 0 Å². The van der Waals surface area contributed by atoms with Crippen LogP contribution in [0.4, 0.5) is 0 Å². The summed E-state index contributed by atoms with van der Waals surface area (Å²) in [5.41, 5.74) is 3.84. The Morgan fingerprint density at radius 2 is 1.71 bits per heavy atom. The number of aliphatic imine (C=N–C) groups is 1. The van der Waals surface area contributed by atoms with Gasteiger partial charge in [-0.2, -0.15) is 0 Å². The molecule has 1 heterocycles. The van der Waals surface area contributed by atoms with Gasteiger partial charge >= 0.3 is 0 Å². The van der Waals surface area contributed by atoms with E-state index < -0.39 is 0 Å². The minimum Gasteiger partial charge on any atom is -0.347 e. The fourth-order valence-corrected chi connectivity index (χ4v) is 2.49. The molecule has 0 N–H and O–H groups in total. The van der Waals surface area contributed by atoms with Gasteiger partial charge in [0, 0.05) is 41.0 Å². The number of nitrogens with zero attached hydrogens (tertiary/aromatic N) is 2. The summed E-state index contributed by atoms with van der Waals surface area (Å²) in [4.78, 5) is 16.2. The van der Waals surface area contributed by atoms with Gasteiger partial charge in [-0.15, -0.1) is 0 Å². The predicted molar refractivity (Wildman–Crippen MR) is 86.0 cm³/mol. The van der Waals surface area contributed by atoms with Gasteiger partial charge in [0.1, 0.15) is 0 Å². The van der Waals surface area contributed by atoms with Gasteiger partial charge in [-0.1, -0.05) is 36.4 Å². The summed E-state index contributed by atoms with van der Waals surface area (Å²) >= 11 is 0. The Kier molecular flexibility index (Phi) is 3.40. The minimum atomic E-state index is -0.220. The first-order chi connectivity index (χ1) is 10.2. The molecule has 21 heavy (non-hydrogen) atoms. The smallest absolute Gasteiger partial charge is 0.276 e. The lowest BCUT2D eigenvalue weighted by Crippen LogP contribution is -1.96. The van der Waals surface area contributed by atoms with Crippen LogP contribution in [-0.2, 0) is 7.05 Å². The van der Waals surface area contributed by atoms with E-state index >= 15 is 0 Å². The molecular formula is C18H16N2O. The monoisotopic (exact) mass is 276 g/mol. The highest BCUT2D eigenvalue weighted by atomic mass is 16.1. The second-order valence-corrected chi connectivity index (χ2v) is 5.00. The molecule has 3 aromatic rings. The summed E-state index contributed by atoms with van der Waals surface area (Å²) in [5.74, 6) is -0.220. The fraction of sp³-hybridized carbons (Fsp3) is 0.111. The number of hydrogen-bond donors (Lipinski definition) is 0. The first-order valence-electron chi connectivity index (χ1n) is 6.86.